The molecule has 3 N–H and O–H groups in total. The summed E-state index contributed by atoms with van der Waals surface area (Å²) in [4.78, 5) is 7.91. The van der Waals surface area contributed by atoms with Gasteiger partial charge in [-0.3, -0.25) is 0 Å². The maximum Gasteiger partial charge on any atom is 0.242 e. The molecule has 0 unspecified atom stereocenters. The van der Waals surface area contributed by atoms with Crippen LogP contribution in [-0.2, 0) is 0 Å². The minimum Gasteiger partial charge on any atom is -0.479 e. The summed E-state index contributed by atoms with van der Waals surface area (Å²) in [7, 11) is 1.48. The van der Waals surface area contributed by atoms with Crippen molar-refractivity contribution in [3.8, 4) is 11.9 Å². The van der Waals surface area contributed by atoms with Gasteiger partial charge in [0.1, 0.15) is 12.0 Å². The molecule has 18 heavy (non-hydrogen) atoms. The van der Waals surface area contributed by atoms with Crippen LogP contribution in [0.3, 0.4) is 0 Å². The van der Waals surface area contributed by atoms with Gasteiger partial charge < -0.3 is 15.8 Å². The fraction of sp³-hybridized carbons (Fsp3) is 0.0833. The van der Waals surface area contributed by atoms with Crippen molar-refractivity contribution in [2.75, 3.05) is 18.2 Å². The Morgan fingerprint density at radius 1 is 1.39 bits per heavy atom. The third-order valence-electron chi connectivity index (χ3n) is 2.30. The summed E-state index contributed by atoms with van der Waals surface area (Å²) in [6, 6.07) is 9.07. The predicted molar refractivity (Wildman–Crippen MR) is 67.4 cm³/mol. The number of nitrogens with two attached hydrogens (primary N) is 1. The minimum atomic E-state index is 0.309. The summed E-state index contributed by atoms with van der Waals surface area (Å²) in [6.07, 6.45) is 1.35. The summed E-state index contributed by atoms with van der Waals surface area (Å²) in [5.41, 5.74) is 7.44. The molecular formula is C12H11N5O. The molecule has 0 atom stereocenters. The Morgan fingerprint density at radius 2 is 2.22 bits per heavy atom. The van der Waals surface area contributed by atoms with Crippen LogP contribution >= 0.6 is 0 Å². The van der Waals surface area contributed by atoms with Crippen molar-refractivity contribution in [1.29, 1.82) is 5.26 Å². The van der Waals surface area contributed by atoms with Crippen molar-refractivity contribution in [3.63, 3.8) is 0 Å². The SMILES string of the molecule is COc1ncnc(Nc2cccc(C#N)c2)c1N. The van der Waals surface area contributed by atoms with Crippen molar-refractivity contribution in [2.45, 2.75) is 0 Å². The molecule has 6 heteroatoms. The molecule has 0 saturated heterocycles. The number of anilines is 3. The molecule has 0 radical (unpaired) electrons. The second-order valence-electron chi connectivity index (χ2n) is 3.46. The molecule has 0 fully saturated rings. The van der Waals surface area contributed by atoms with E-state index >= 15 is 0 Å². The number of rotatable bonds is 3. The molecule has 2 rings (SSSR count). The first-order valence-electron chi connectivity index (χ1n) is 5.16. The predicted octanol–water partition coefficient (Wildman–Crippen LogP) is 1.68. The van der Waals surface area contributed by atoms with Gasteiger partial charge in [0.05, 0.1) is 18.7 Å². The zero-order valence-electron chi connectivity index (χ0n) is 9.71. The summed E-state index contributed by atoms with van der Waals surface area (Å²) >= 11 is 0. The zero-order chi connectivity index (χ0) is 13.0. The van der Waals surface area contributed by atoms with Crippen LogP contribution < -0.4 is 15.8 Å². The van der Waals surface area contributed by atoms with Gasteiger partial charge in [-0.25, -0.2) is 4.98 Å². The first kappa shape index (κ1) is 11.7. The summed E-state index contributed by atoms with van der Waals surface area (Å²) < 4.78 is 5.00. The monoisotopic (exact) mass is 241 g/mol. The molecule has 90 valence electrons. The molecule has 0 aliphatic heterocycles. The van der Waals surface area contributed by atoms with Crippen LogP contribution in [0.4, 0.5) is 17.2 Å². The van der Waals surface area contributed by atoms with Gasteiger partial charge in [0.2, 0.25) is 5.88 Å². The van der Waals surface area contributed by atoms with Crippen LogP contribution in [0.2, 0.25) is 0 Å². The van der Waals surface area contributed by atoms with Crippen molar-refractivity contribution >= 4 is 17.2 Å². The van der Waals surface area contributed by atoms with E-state index in [1.54, 1.807) is 18.2 Å². The van der Waals surface area contributed by atoms with E-state index in [2.05, 4.69) is 21.4 Å². The first-order chi connectivity index (χ1) is 8.74. The number of methoxy groups -OCH3 is 1. The van der Waals surface area contributed by atoms with Gasteiger partial charge in [-0.05, 0) is 18.2 Å². The molecule has 2 aromatic rings. The highest BCUT2D eigenvalue weighted by Crippen LogP contribution is 2.27. The Labute approximate surface area is 104 Å². The summed E-state index contributed by atoms with van der Waals surface area (Å²) in [6.45, 7) is 0. The van der Waals surface area contributed by atoms with Crippen LogP contribution in [0.1, 0.15) is 5.56 Å². The zero-order valence-corrected chi connectivity index (χ0v) is 9.71. The van der Waals surface area contributed by atoms with E-state index in [9.17, 15) is 0 Å². The molecule has 0 saturated carbocycles. The van der Waals surface area contributed by atoms with Gasteiger partial charge >= 0.3 is 0 Å². The summed E-state index contributed by atoms with van der Waals surface area (Å²) in [5, 5.41) is 11.8. The molecule has 1 heterocycles. The van der Waals surface area contributed by atoms with E-state index in [1.165, 1.54) is 13.4 Å². The number of nitrogens with one attached hydrogen (secondary N) is 1. The van der Waals surface area contributed by atoms with Crippen LogP contribution in [0.25, 0.3) is 0 Å². The maximum absolute atomic E-state index is 8.82. The number of nitriles is 1. The number of nitrogen functional groups attached to an aromatic ring is 1. The lowest BCUT2D eigenvalue weighted by atomic mass is 10.2. The van der Waals surface area contributed by atoms with Crippen LogP contribution in [-0.4, -0.2) is 17.1 Å². The van der Waals surface area contributed by atoms with Gasteiger partial charge in [0.15, 0.2) is 5.82 Å². The lowest BCUT2D eigenvalue weighted by molar-refractivity contribution is 0.399. The molecule has 0 aliphatic carbocycles. The van der Waals surface area contributed by atoms with E-state index in [0.29, 0.717) is 22.9 Å². The smallest absolute Gasteiger partial charge is 0.242 e. The van der Waals surface area contributed by atoms with Crippen LogP contribution in [0, 0.1) is 11.3 Å². The minimum absolute atomic E-state index is 0.309. The fourth-order valence-electron chi connectivity index (χ4n) is 1.44. The number of hydrogen-bond acceptors (Lipinski definition) is 6. The van der Waals surface area contributed by atoms with Crippen LogP contribution in [0.5, 0.6) is 5.88 Å². The Kier molecular flexibility index (Phi) is 3.25. The third kappa shape index (κ3) is 2.30. The van der Waals surface area contributed by atoms with E-state index in [-0.39, 0.29) is 0 Å². The maximum atomic E-state index is 8.82. The van der Waals surface area contributed by atoms with Crippen molar-refractivity contribution < 1.29 is 4.74 Å². The lowest BCUT2D eigenvalue weighted by Crippen LogP contribution is -2.03. The highest BCUT2D eigenvalue weighted by atomic mass is 16.5. The van der Waals surface area contributed by atoms with E-state index in [0.717, 1.165) is 5.69 Å². The third-order valence-corrected chi connectivity index (χ3v) is 2.30. The van der Waals surface area contributed by atoms with Gasteiger partial charge in [-0.15, -0.1) is 0 Å². The van der Waals surface area contributed by atoms with Crippen molar-refractivity contribution in [3.05, 3.63) is 36.2 Å². The van der Waals surface area contributed by atoms with Gasteiger partial charge in [0.25, 0.3) is 0 Å². The van der Waals surface area contributed by atoms with Crippen molar-refractivity contribution in [1.82, 2.24) is 9.97 Å². The number of ether oxygens (including phenoxy) is 1. The Bertz CT molecular complexity index is 606. The molecular weight excluding hydrogens is 230 g/mol. The average molecular weight is 241 g/mol. The molecule has 0 spiro atoms. The Morgan fingerprint density at radius 3 is 2.94 bits per heavy atom. The van der Waals surface area contributed by atoms with E-state index in [1.807, 2.05) is 6.07 Å². The number of benzene rings is 1. The lowest BCUT2D eigenvalue weighted by Gasteiger charge is -2.10. The quantitative estimate of drug-likeness (QED) is 0.848. The first-order valence-corrected chi connectivity index (χ1v) is 5.16. The molecule has 1 aromatic carbocycles. The standard InChI is InChI=1S/C12H11N5O/c1-18-12-10(14)11(15-7-16-12)17-9-4-2-3-8(5-9)6-13/h2-5,7H,14H2,1H3,(H,15,16,17). The van der Waals surface area contributed by atoms with Gasteiger partial charge in [0, 0.05) is 5.69 Å². The Hall–Kier alpha value is -2.81. The largest absolute Gasteiger partial charge is 0.479 e. The molecule has 0 bridgehead atoms. The summed E-state index contributed by atoms with van der Waals surface area (Å²) in [5.74, 6) is 0.751. The van der Waals surface area contributed by atoms with E-state index < -0.39 is 0 Å². The highest BCUT2D eigenvalue weighted by Gasteiger charge is 2.08. The second kappa shape index (κ2) is 5.01. The number of nitrogens with zero attached hydrogens (tertiary/aromatic N) is 3. The average Bonchev–Trinajstić information content (AvgIpc) is 2.41. The Balaban J connectivity index is 2.31. The normalized spacial score (nSPS) is 9.56. The van der Waals surface area contributed by atoms with Gasteiger partial charge in [-0.1, -0.05) is 6.07 Å². The molecule has 0 amide bonds. The van der Waals surface area contributed by atoms with E-state index in [4.69, 9.17) is 15.7 Å². The topological polar surface area (TPSA) is 96.9 Å². The number of aromatic nitrogens is 2. The fourth-order valence-corrected chi connectivity index (χ4v) is 1.44. The van der Waals surface area contributed by atoms with Crippen molar-refractivity contribution in [2.24, 2.45) is 0 Å². The molecule has 6 nitrogen and oxygen atoms in total. The highest BCUT2D eigenvalue weighted by molar-refractivity contribution is 5.72. The second-order valence-corrected chi connectivity index (χ2v) is 3.46. The molecule has 1 aromatic heterocycles. The van der Waals surface area contributed by atoms with Gasteiger partial charge in [-0.2, -0.15) is 10.2 Å². The number of hydrogen-bond donors (Lipinski definition) is 2. The van der Waals surface area contributed by atoms with Crippen LogP contribution in [0.15, 0.2) is 30.6 Å². The molecule has 0 aliphatic rings.